The standard InChI is InChI=1S/C17H13N3O3/c1-3-8-18-15(21)11-6-7-14-13(10-11)20-17(23-14)12-5-4-9-19-16(12)22-2/h1,4-7,9-10H,8H2,2H3,(H,18,21). The molecular weight excluding hydrogens is 294 g/mol. The minimum Gasteiger partial charge on any atom is -0.480 e. The predicted molar refractivity (Wildman–Crippen MR) is 85.0 cm³/mol. The Bertz CT molecular complexity index is 909. The van der Waals surface area contributed by atoms with Gasteiger partial charge < -0.3 is 14.5 Å². The van der Waals surface area contributed by atoms with Gasteiger partial charge in [0.15, 0.2) is 5.58 Å². The number of pyridine rings is 1. The first-order valence-corrected chi connectivity index (χ1v) is 6.84. The average molecular weight is 307 g/mol. The Balaban J connectivity index is 2.00. The first-order valence-electron chi connectivity index (χ1n) is 6.84. The van der Waals surface area contributed by atoms with Crippen molar-refractivity contribution in [2.24, 2.45) is 0 Å². The number of hydrogen-bond donors (Lipinski definition) is 1. The number of nitrogens with zero attached hydrogens (tertiary/aromatic N) is 2. The molecule has 6 nitrogen and oxygen atoms in total. The fourth-order valence-corrected chi connectivity index (χ4v) is 2.13. The summed E-state index contributed by atoms with van der Waals surface area (Å²) in [4.78, 5) is 20.5. The van der Waals surface area contributed by atoms with Crippen LogP contribution in [0, 0.1) is 12.3 Å². The zero-order valence-corrected chi connectivity index (χ0v) is 12.4. The Morgan fingerprint density at radius 1 is 1.43 bits per heavy atom. The first kappa shape index (κ1) is 14.6. The lowest BCUT2D eigenvalue weighted by molar-refractivity contribution is 0.0959. The number of amides is 1. The number of aromatic nitrogens is 2. The van der Waals surface area contributed by atoms with Crippen LogP contribution < -0.4 is 10.1 Å². The van der Waals surface area contributed by atoms with E-state index in [9.17, 15) is 4.79 Å². The minimum absolute atomic E-state index is 0.174. The Morgan fingerprint density at radius 3 is 3.09 bits per heavy atom. The molecule has 0 fully saturated rings. The third-order valence-corrected chi connectivity index (χ3v) is 3.20. The van der Waals surface area contributed by atoms with Gasteiger partial charge in [-0.3, -0.25) is 4.79 Å². The lowest BCUT2D eigenvalue weighted by atomic mass is 10.2. The average Bonchev–Trinajstić information content (AvgIpc) is 3.02. The summed E-state index contributed by atoms with van der Waals surface area (Å²) in [5.74, 6) is 2.90. The fraction of sp³-hybridized carbons (Fsp3) is 0.118. The van der Waals surface area contributed by atoms with E-state index in [1.807, 2.05) is 0 Å². The van der Waals surface area contributed by atoms with Crippen LogP contribution in [0.1, 0.15) is 10.4 Å². The summed E-state index contributed by atoms with van der Waals surface area (Å²) in [6.45, 7) is 0.174. The third kappa shape index (κ3) is 2.85. The zero-order valence-electron chi connectivity index (χ0n) is 12.4. The molecule has 0 aliphatic rings. The molecule has 1 amide bonds. The van der Waals surface area contributed by atoms with Crippen LogP contribution in [0.4, 0.5) is 0 Å². The van der Waals surface area contributed by atoms with Crippen LogP contribution in [0.5, 0.6) is 5.88 Å². The van der Waals surface area contributed by atoms with Crippen LogP contribution in [0.2, 0.25) is 0 Å². The lowest BCUT2D eigenvalue weighted by Gasteiger charge is -2.01. The molecule has 2 aromatic heterocycles. The van der Waals surface area contributed by atoms with Gasteiger partial charge in [-0.05, 0) is 30.3 Å². The molecule has 2 heterocycles. The second-order valence-electron chi connectivity index (χ2n) is 4.65. The number of carbonyl (C=O) groups is 1. The number of methoxy groups -OCH3 is 1. The molecule has 0 spiro atoms. The van der Waals surface area contributed by atoms with Crippen LogP contribution in [0.25, 0.3) is 22.6 Å². The van der Waals surface area contributed by atoms with Crippen molar-refractivity contribution in [3.63, 3.8) is 0 Å². The first-order chi connectivity index (χ1) is 11.2. The number of oxazole rings is 1. The topological polar surface area (TPSA) is 77.2 Å². The van der Waals surface area contributed by atoms with Gasteiger partial charge in [0.05, 0.1) is 19.2 Å². The number of nitrogens with one attached hydrogen (secondary N) is 1. The Kier molecular flexibility index (Phi) is 3.93. The van der Waals surface area contributed by atoms with Gasteiger partial charge in [0.1, 0.15) is 5.52 Å². The number of ether oxygens (including phenoxy) is 1. The summed E-state index contributed by atoms with van der Waals surface area (Å²) in [6, 6.07) is 8.57. The van der Waals surface area contributed by atoms with Crippen molar-refractivity contribution >= 4 is 17.0 Å². The zero-order chi connectivity index (χ0) is 16.2. The highest BCUT2D eigenvalue weighted by Gasteiger charge is 2.15. The van der Waals surface area contributed by atoms with Crippen LogP contribution in [0.3, 0.4) is 0 Å². The maximum Gasteiger partial charge on any atom is 0.252 e. The lowest BCUT2D eigenvalue weighted by Crippen LogP contribution is -2.23. The van der Waals surface area contributed by atoms with Gasteiger partial charge in [0.2, 0.25) is 11.8 Å². The van der Waals surface area contributed by atoms with Gasteiger partial charge in [0, 0.05) is 11.8 Å². The second-order valence-corrected chi connectivity index (χ2v) is 4.65. The smallest absolute Gasteiger partial charge is 0.252 e. The van der Waals surface area contributed by atoms with Crippen molar-refractivity contribution in [3.05, 3.63) is 42.1 Å². The maximum absolute atomic E-state index is 11.9. The van der Waals surface area contributed by atoms with E-state index in [1.54, 1.807) is 36.5 Å². The molecule has 0 radical (unpaired) electrons. The highest BCUT2D eigenvalue weighted by molar-refractivity contribution is 5.97. The summed E-state index contributed by atoms with van der Waals surface area (Å²) in [7, 11) is 1.53. The van der Waals surface area contributed by atoms with Gasteiger partial charge in [0.25, 0.3) is 5.91 Å². The Labute approximate surface area is 132 Å². The molecule has 3 rings (SSSR count). The van der Waals surface area contributed by atoms with E-state index in [2.05, 4.69) is 21.2 Å². The van der Waals surface area contributed by atoms with Crippen molar-refractivity contribution < 1.29 is 13.9 Å². The van der Waals surface area contributed by atoms with Crippen LogP contribution in [-0.4, -0.2) is 29.5 Å². The highest BCUT2D eigenvalue weighted by Crippen LogP contribution is 2.30. The van der Waals surface area contributed by atoms with Gasteiger partial charge in [-0.15, -0.1) is 6.42 Å². The van der Waals surface area contributed by atoms with Crippen molar-refractivity contribution in [1.82, 2.24) is 15.3 Å². The van der Waals surface area contributed by atoms with Gasteiger partial charge in [-0.1, -0.05) is 5.92 Å². The molecule has 0 saturated heterocycles. The van der Waals surface area contributed by atoms with E-state index in [0.29, 0.717) is 34.0 Å². The molecule has 3 aromatic rings. The number of fused-ring (bicyclic) bond motifs is 1. The Morgan fingerprint density at radius 2 is 2.30 bits per heavy atom. The molecule has 6 heteroatoms. The number of hydrogen-bond acceptors (Lipinski definition) is 5. The number of benzene rings is 1. The summed E-state index contributed by atoms with van der Waals surface area (Å²) >= 11 is 0. The van der Waals surface area contributed by atoms with E-state index < -0.39 is 0 Å². The van der Waals surface area contributed by atoms with Crippen LogP contribution in [-0.2, 0) is 0 Å². The second kappa shape index (κ2) is 6.20. The molecule has 0 atom stereocenters. The van der Waals surface area contributed by atoms with Crippen LogP contribution >= 0.6 is 0 Å². The summed E-state index contributed by atoms with van der Waals surface area (Å²) in [6.07, 6.45) is 6.75. The normalized spacial score (nSPS) is 10.3. The van der Waals surface area contributed by atoms with E-state index in [4.69, 9.17) is 15.6 Å². The number of carbonyl (C=O) groups excluding carboxylic acids is 1. The van der Waals surface area contributed by atoms with E-state index in [0.717, 1.165) is 0 Å². The molecule has 114 valence electrons. The van der Waals surface area contributed by atoms with Crippen LogP contribution in [0.15, 0.2) is 40.9 Å². The molecule has 23 heavy (non-hydrogen) atoms. The molecule has 0 aliphatic carbocycles. The molecule has 0 bridgehead atoms. The fourth-order valence-electron chi connectivity index (χ4n) is 2.13. The van der Waals surface area contributed by atoms with Gasteiger partial charge >= 0.3 is 0 Å². The molecule has 0 aliphatic heterocycles. The largest absolute Gasteiger partial charge is 0.480 e. The van der Waals surface area contributed by atoms with E-state index in [1.165, 1.54) is 7.11 Å². The van der Waals surface area contributed by atoms with Gasteiger partial charge in [-0.2, -0.15) is 0 Å². The van der Waals surface area contributed by atoms with Gasteiger partial charge in [-0.25, -0.2) is 9.97 Å². The highest BCUT2D eigenvalue weighted by atomic mass is 16.5. The van der Waals surface area contributed by atoms with E-state index >= 15 is 0 Å². The molecule has 0 unspecified atom stereocenters. The maximum atomic E-state index is 11.9. The SMILES string of the molecule is C#CCNC(=O)c1ccc2oc(-c3cccnc3OC)nc2c1. The monoisotopic (exact) mass is 307 g/mol. The quantitative estimate of drug-likeness (QED) is 0.748. The van der Waals surface area contributed by atoms with Crippen molar-refractivity contribution in [2.75, 3.05) is 13.7 Å². The third-order valence-electron chi connectivity index (χ3n) is 3.20. The van der Waals surface area contributed by atoms with Crippen molar-refractivity contribution in [1.29, 1.82) is 0 Å². The number of rotatable bonds is 4. The Hall–Kier alpha value is -3.33. The molecule has 1 aromatic carbocycles. The van der Waals surface area contributed by atoms with Crippen molar-refractivity contribution in [2.45, 2.75) is 0 Å². The molecule has 0 saturated carbocycles. The van der Waals surface area contributed by atoms with Crippen molar-refractivity contribution in [3.8, 4) is 29.7 Å². The molecule has 1 N–H and O–H groups in total. The van der Waals surface area contributed by atoms with E-state index in [-0.39, 0.29) is 12.5 Å². The molecular formula is C17H13N3O3. The minimum atomic E-state index is -0.256. The number of terminal acetylenes is 1. The predicted octanol–water partition coefficient (Wildman–Crippen LogP) is 2.26. The summed E-state index contributed by atoms with van der Waals surface area (Å²) < 4.78 is 10.9. The summed E-state index contributed by atoms with van der Waals surface area (Å²) in [5.41, 5.74) is 2.24. The summed E-state index contributed by atoms with van der Waals surface area (Å²) in [5, 5.41) is 2.61.